The minimum absolute atomic E-state index is 0.0798. The lowest BCUT2D eigenvalue weighted by Gasteiger charge is -2.38. The van der Waals surface area contributed by atoms with E-state index in [2.05, 4.69) is 10.1 Å². The number of alkyl halides is 2. The molecule has 0 saturated heterocycles. The molecule has 3 aromatic rings. The third kappa shape index (κ3) is 5.35. The molecule has 0 radical (unpaired) electrons. The third-order valence-electron chi connectivity index (χ3n) is 5.11. The van der Waals surface area contributed by atoms with E-state index >= 15 is 8.78 Å². The molecule has 5 N–H and O–H groups in total. The van der Waals surface area contributed by atoms with E-state index < -0.39 is 41.0 Å². The Morgan fingerprint density at radius 2 is 1.83 bits per heavy atom. The molecule has 188 valence electrons. The molecule has 0 saturated carbocycles. The molecule has 0 aliphatic heterocycles. The number of nitrogens with two attached hydrogens (primary N) is 2. The first-order chi connectivity index (χ1) is 17.0. The van der Waals surface area contributed by atoms with Gasteiger partial charge in [0.05, 0.1) is 24.4 Å². The lowest BCUT2D eigenvalue weighted by Crippen LogP contribution is -2.55. The predicted molar refractivity (Wildman–Crippen MR) is 126 cm³/mol. The van der Waals surface area contributed by atoms with Crippen LogP contribution in [0.3, 0.4) is 0 Å². The summed E-state index contributed by atoms with van der Waals surface area (Å²) >= 11 is 0.898. The molecule has 36 heavy (non-hydrogen) atoms. The van der Waals surface area contributed by atoms with Gasteiger partial charge in [-0.15, -0.1) is 0 Å². The maximum absolute atomic E-state index is 15.8. The topological polar surface area (TPSA) is 134 Å². The number of pyridine rings is 1. The van der Waals surface area contributed by atoms with Crippen molar-refractivity contribution in [2.24, 2.45) is 16.8 Å². The van der Waals surface area contributed by atoms with E-state index in [1.807, 2.05) is 6.07 Å². The van der Waals surface area contributed by atoms with Crippen LogP contribution in [0.25, 0.3) is 0 Å². The second kappa shape index (κ2) is 10.8. The van der Waals surface area contributed by atoms with Crippen LogP contribution < -0.4 is 16.4 Å². The Hall–Kier alpha value is -3.86. The van der Waals surface area contributed by atoms with Gasteiger partial charge in [-0.25, -0.2) is 14.6 Å². The molecule has 1 aromatic heterocycles. The van der Waals surface area contributed by atoms with Gasteiger partial charge in [0.2, 0.25) is 0 Å². The first-order valence-electron chi connectivity index (χ1n) is 10.1. The number of amidine groups is 1. The summed E-state index contributed by atoms with van der Waals surface area (Å²) in [5.74, 6) is 4.74. The summed E-state index contributed by atoms with van der Waals surface area (Å²) in [5, 5.41) is 24.0. The molecule has 1 unspecified atom stereocenters. The summed E-state index contributed by atoms with van der Waals surface area (Å²) in [6.45, 7) is -1.08. The standard InChI is InChI=1S/C23H20F4N6O2S/c1-36-21(32-29)33(30)13-22(34,18-8-4-15(24)10-19(18)25)23(26,27)20-9-7-17(12-31-20)35-16-5-2-14(11-28)3-6-16/h2-10,12,34H,13,29-30H2,1H3/b32-21+. The smallest absolute Gasteiger partial charge is 0.323 e. The fraction of sp³-hybridized carbons (Fsp3) is 0.174. The van der Waals surface area contributed by atoms with Gasteiger partial charge in [0, 0.05) is 11.6 Å². The average molecular weight is 521 g/mol. The summed E-state index contributed by atoms with van der Waals surface area (Å²) in [4.78, 5) is 3.71. The molecular formula is C23H20F4N6O2S. The second-order valence-corrected chi connectivity index (χ2v) is 8.19. The molecule has 0 bridgehead atoms. The zero-order valence-electron chi connectivity index (χ0n) is 18.7. The number of nitriles is 1. The number of hydrogen-bond acceptors (Lipinski definition) is 8. The van der Waals surface area contributed by atoms with Gasteiger partial charge < -0.3 is 15.7 Å². The number of hydrogen-bond donors (Lipinski definition) is 3. The maximum atomic E-state index is 15.8. The van der Waals surface area contributed by atoms with Crippen LogP contribution in [0, 0.1) is 23.0 Å². The molecule has 2 aromatic carbocycles. The fourth-order valence-corrected chi connectivity index (χ4v) is 3.71. The predicted octanol–water partition coefficient (Wildman–Crippen LogP) is 3.77. The first-order valence-corrected chi connectivity index (χ1v) is 11.3. The van der Waals surface area contributed by atoms with Crippen molar-refractivity contribution in [2.75, 3.05) is 12.8 Å². The Bertz CT molecular complexity index is 1290. The van der Waals surface area contributed by atoms with Crippen molar-refractivity contribution < 1.29 is 27.4 Å². The van der Waals surface area contributed by atoms with Crippen LogP contribution in [-0.2, 0) is 11.5 Å². The van der Waals surface area contributed by atoms with Crippen LogP contribution in [0.4, 0.5) is 17.6 Å². The molecule has 0 aliphatic carbocycles. The number of thioether (sulfide) groups is 1. The number of rotatable bonds is 7. The van der Waals surface area contributed by atoms with Crippen molar-refractivity contribution in [1.82, 2.24) is 9.99 Å². The van der Waals surface area contributed by atoms with Gasteiger partial charge in [-0.3, -0.25) is 9.99 Å². The molecular weight excluding hydrogens is 500 g/mol. The van der Waals surface area contributed by atoms with Gasteiger partial charge in [-0.1, -0.05) is 11.8 Å². The maximum Gasteiger partial charge on any atom is 0.323 e. The van der Waals surface area contributed by atoms with E-state index in [-0.39, 0.29) is 10.9 Å². The summed E-state index contributed by atoms with van der Waals surface area (Å²) in [5.41, 5.74) is -4.78. The minimum atomic E-state index is -4.24. The van der Waals surface area contributed by atoms with Gasteiger partial charge in [0.1, 0.15) is 28.8 Å². The SMILES string of the molecule is CS/C(=N/N)N(N)CC(O)(c1ccc(F)cc1F)C(F)(F)c1ccc(Oc2ccc(C#N)cc2)cn1. The van der Waals surface area contributed by atoms with Gasteiger partial charge in [-0.2, -0.15) is 19.1 Å². The molecule has 13 heteroatoms. The van der Waals surface area contributed by atoms with Gasteiger partial charge >= 0.3 is 5.92 Å². The Morgan fingerprint density at radius 3 is 2.36 bits per heavy atom. The monoisotopic (exact) mass is 520 g/mol. The number of hydrazine groups is 1. The van der Waals surface area contributed by atoms with Gasteiger partial charge in [-0.05, 0) is 54.8 Å². The number of ether oxygens (including phenoxy) is 1. The lowest BCUT2D eigenvalue weighted by atomic mass is 9.84. The minimum Gasteiger partial charge on any atom is -0.456 e. The molecule has 0 spiro atoms. The number of nitrogens with zero attached hydrogens (tertiary/aromatic N) is 4. The van der Waals surface area contributed by atoms with E-state index in [0.29, 0.717) is 28.5 Å². The van der Waals surface area contributed by atoms with Crippen LogP contribution in [-0.4, -0.2) is 33.1 Å². The van der Waals surface area contributed by atoms with E-state index in [1.165, 1.54) is 36.6 Å². The zero-order valence-corrected chi connectivity index (χ0v) is 19.5. The number of aliphatic hydroxyl groups is 1. The van der Waals surface area contributed by atoms with E-state index in [1.54, 1.807) is 0 Å². The highest BCUT2D eigenvalue weighted by Crippen LogP contribution is 2.46. The van der Waals surface area contributed by atoms with Crippen LogP contribution >= 0.6 is 11.8 Å². The Kier molecular flexibility index (Phi) is 8.03. The fourth-order valence-electron chi connectivity index (χ4n) is 3.31. The normalized spacial score (nSPS) is 13.6. The molecule has 1 heterocycles. The van der Waals surface area contributed by atoms with E-state index in [0.717, 1.165) is 30.1 Å². The summed E-state index contributed by atoms with van der Waals surface area (Å²) in [6, 6.07) is 11.8. The van der Waals surface area contributed by atoms with Crippen molar-refractivity contribution in [3.8, 4) is 17.6 Å². The lowest BCUT2D eigenvalue weighted by molar-refractivity contribution is -0.204. The zero-order chi connectivity index (χ0) is 26.5. The summed E-state index contributed by atoms with van der Waals surface area (Å²) in [7, 11) is 0. The molecule has 0 fully saturated rings. The highest BCUT2D eigenvalue weighted by molar-refractivity contribution is 8.13. The Balaban J connectivity index is 2.00. The van der Waals surface area contributed by atoms with Crippen molar-refractivity contribution >= 4 is 16.9 Å². The van der Waals surface area contributed by atoms with Crippen molar-refractivity contribution in [1.29, 1.82) is 5.26 Å². The van der Waals surface area contributed by atoms with E-state index in [9.17, 15) is 13.9 Å². The number of aromatic nitrogens is 1. The molecule has 0 amide bonds. The Labute approximate surface area is 207 Å². The average Bonchev–Trinajstić information content (AvgIpc) is 2.85. The summed E-state index contributed by atoms with van der Waals surface area (Å²) < 4.78 is 65.4. The van der Waals surface area contributed by atoms with E-state index in [4.69, 9.17) is 21.7 Å². The van der Waals surface area contributed by atoms with Crippen molar-refractivity contribution in [3.05, 3.63) is 89.2 Å². The van der Waals surface area contributed by atoms with Crippen LogP contribution in [0.5, 0.6) is 11.5 Å². The quantitative estimate of drug-likeness (QED) is 0.141. The first kappa shape index (κ1) is 26.7. The van der Waals surface area contributed by atoms with Crippen LogP contribution in [0.1, 0.15) is 16.8 Å². The molecule has 1 atom stereocenters. The molecule has 3 rings (SSSR count). The molecule has 0 aliphatic rings. The number of hydrazone groups is 1. The van der Waals surface area contributed by atoms with Crippen molar-refractivity contribution in [3.63, 3.8) is 0 Å². The molecule has 8 nitrogen and oxygen atoms in total. The summed E-state index contributed by atoms with van der Waals surface area (Å²) in [6.07, 6.45) is 2.49. The Morgan fingerprint density at radius 1 is 1.17 bits per heavy atom. The third-order valence-corrected chi connectivity index (χ3v) is 5.82. The number of benzene rings is 2. The largest absolute Gasteiger partial charge is 0.456 e. The van der Waals surface area contributed by atoms with Gasteiger partial charge in [0.25, 0.3) is 0 Å². The highest BCUT2D eigenvalue weighted by Gasteiger charge is 2.58. The van der Waals surface area contributed by atoms with Crippen LogP contribution in [0.2, 0.25) is 0 Å². The second-order valence-electron chi connectivity index (χ2n) is 7.42. The van der Waals surface area contributed by atoms with Crippen molar-refractivity contribution in [2.45, 2.75) is 11.5 Å². The highest BCUT2D eigenvalue weighted by atomic mass is 32.2. The van der Waals surface area contributed by atoms with Gasteiger partial charge in [0.15, 0.2) is 10.8 Å². The number of halogens is 4. The van der Waals surface area contributed by atoms with Crippen LogP contribution in [0.15, 0.2) is 65.9 Å².